The summed E-state index contributed by atoms with van der Waals surface area (Å²) in [7, 11) is 0.995. The molecule has 43 heavy (non-hydrogen) atoms. The van der Waals surface area contributed by atoms with Gasteiger partial charge in [0, 0.05) is 12.6 Å². The van der Waals surface area contributed by atoms with Crippen molar-refractivity contribution >= 4 is 36.8 Å². The van der Waals surface area contributed by atoms with Gasteiger partial charge in [-0.3, -0.25) is 24.0 Å². The molecule has 4 atom stereocenters. The topological polar surface area (TPSA) is 182 Å². The number of aromatic nitrogens is 1. The van der Waals surface area contributed by atoms with E-state index in [4.69, 9.17) is 14.0 Å². The molecule has 0 radical (unpaired) electrons. The maximum Gasteiger partial charge on any atom is 0.552 e. The second-order valence-electron chi connectivity index (χ2n) is 10.7. The number of hydrogen-bond acceptors (Lipinski definition) is 10. The summed E-state index contributed by atoms with van der Waals surface area (Å²) in [5, 5.41) is 18.1. The van der Waals surface area contributed by atoms with Gasteiger partial charge in [-0.15, -0.1) is 0 Å². The quantitative estimate of drug-likeness (QED) is 0.202. The largest absolute Gasteiger partial charge is 0.552 e. The van der Waals surface area contributed by atoms with Crippen molar-refractivity contribution in [3.63, 3.8) is 0 Å². The molecule has 1 aliphatic heterocycles. The van der Waals surface area contributed by atoms with E-state index >= 15 is 0 Å². The number of esters is 1. The van der Waals surface area contributed by atoms with Crippen molar-refractivity contribution in [3.05, 3.63) is 54.2 Å². The Labute approximate surface area is 250 Å². The van der Waals surface area contributed by atoms with Crippen LogP contribution in [0.2, 0.25) is 0 Å². The molecule has 4 N–H and O–H groups in total. The van der Waals surface area contributed by atoms with E-state index in [9.17, 15) is 29.1 Å². The number of benzene rings is 1. The summed E-state index contributed by atoms with van der Waals surface area (Å²) in [6.45, 7) is 5.03. The lowest BCUT2D eigenvalue weighted by Crippen LogP contribution is -2.64. The Hall–Kier alpha value is -4.30. The molecule has 0 bridgehead atoms. The maximum atomic E-state index is 13.5. The van der Waals surface area contributed by atoms with Crippen molar-refractivity contribution in [2.24, 2.45) is 5.92 Å². The highest BCUT2D eigenvalue weighted by molar-refractivity contribution is 6.50. The monoisotopic (exact) mass is 596 g/mol. The number of rotatable bonds is 12. The van der Waals surface area contributed by atoms with Crippen molar-refractivity contribution in [2.45, 2.75) is 63.7 Å². The molecule has 1 aromatic heterocycles. The van der Waals surface area contributed by atoms with E-state index in [0.717, 1.165) is 12.7 Å². The van der Waals surface area contributed by atoms with Gasteiger partial charge in [0.05, 0.1) is 37.7 Å². The van der Waals surface area contributed by atoms with Crippen LogP contribution in [-0.2, 0) is 33.2 Å². The minimum atomic E-state index is -1.94. The smallest absolute Gasteiger partial charge is 0.508 e. The summed E-state index contributed by atoms with van der Waals surface area (Å²) in [6, 6.07) is 12.7. The van der Waals surface area contributed by atoms with Gasteiger partial charge in [-0.25, -0.2) is 4.98 Å². The molecule has 0 saturated carbocycles. The molecule has 1 fully saturated rings. The van der Waals surface area contributed by atoms with Crippen molar-refractivity contribution in [1.82, 2.24) is 20.9 Å². The van der Waals surface area contributed by atoms with Crippen LogP contribution in [0.15, 0.2) is 48.5 Å². The lowest BCUT2D eigenvalue weighted by molar-refractivity contribution is -0.165. The summed E-state index contributed by atoms with van der Waals surface area (Å²) < 4.78 is 16.0. The lowest BCUT2D eigenvalue weighted by atomic mass is 9.70. The fourth-order valence-corrected chi connectivity index (χ4v) is 4.68. The first-order chi connectivity index (χ1) is 20.4. The van der Waals surface area contributed by atoms with E-state index < -0.39 is 73.3 Å². The molecule has 1 aromatic carbocycles. The number of ether oxygens (including phenoxy) is 1. The number of amides is 3. The van der Waals surface area contributed by atoms with Gasteiger partial charge in [-0.05, 0) is 31.4 Å². The predicted octanol–water partition coefficient (Wildman–Crippen LogP) is 0.798. The molecule has 2 aromatic rings. The number of hydrogen-bond donors (Lipinski definition) is 4. The highest BCUT2D eigenvalue weighted by atomic mass is 16.6. The maximum absolute atomic E-state index is 13.5. The number of likely N-dealkylation sites (N-methyl/N-ethyl adjacent to an activating group) is 1. The number of aliphatic hydroxyl groups is 1. The second kappa shape index (κ2) is 14.7. The minimum absolute atomic E-state index is 0.0289. The van der Waals surface area contributed by atoms with E-state index in [0.29, 0.717) is 5.69 Å². The molecule has 0 unspecified atom stereocenters. The molecular weight excluding hydrogens is 559 g/mol. The average molecular weight is 596 g/mol. The van der Waals surface area contributed by atoms with Crippen molar-refractivity contribution in [2.75, 3.05) is 14.2 Å². The number of carbonyl (C=O) groups is 5. The Morgan fingerprint density at radius 2 is 1.77 bits per heavy atom. The number of nitrogens with zero attached hydrogens (tertiary/aromatic N) is 1. The van der Waals surface area contributed by atoms with Crippen LogP contribution in [0, 0.1) is 5.92 Å². The Balaban J connectivity index is 1.83. The summed E-state index contributed by atoms with van der Waals surface area (Å²) in [4.78, 5) is 68.7. The van der Waals surface area contributed by atoms with E-state index in [-0.39, 0.29) is 18.0 Å². The molecular formula is C29H37BN4O9. The van der Waals surface area contributed by atoms with Crippen LogP contribution >= 0.6 is 0 Å². The fourth-order valence-electron chi connectivity index (χ4n) is 4.68. The lowest BCUT2D eigenvalue weighted by Gasteiger charge is -2.39. The zero-order valence-electron chi connectivity index (χ0n) is 24.8. The van der Waals surface area contributed by atoms with Crippen molar-refractivity contribution < 1.29 is 43.1 Å². The third-order valence-corrected chi connectivity index (χ3v) is 6.80. The van der Waals surface area contributed by atoms with Crippen LogP contribution < -0.4 is 16.0 Å². The number of carbonyl (C=O) groups excluding carboxylic acids is 5. The van der Waals surface area contributed by atoms with Gasteiger partial charge in [0.25, 0.3) is 17.8 Å². The van der Waals surface area contributed by atoms with Gasteiger partial charge in [0.15, 0.2) is 5.60 Å². The molecule has 14 heteroatoms. The first-order valence-corrected chi connectivity index (χ1v) is 13.9. The zero-order chi connectivity index (χ0) is 31.7. The molecule has 1 saturated heterocycles. The molecule has 3 rings (SSSR count). The third kappa shape index (κ3) is 8.61. The van der Waals surface area contributed by atoms with Crippen molar-refractivity contribution in [3.8, 4) is 11.3 Å². The predicted molar refractivity (Wildman–Crippen MR) is 155 cm³/mol. The number of pyridine rings is 1. The molecule has 3 amide bonds. The van der Waals surface area contributed by atoms with Crippen molar-refractivity contribution in [1.29, 1.82) is 0 Å². The second-order valence-corrected chi connectivity index (χ2v) is 10.7. The van der Waals surface area contributed by atoms with Crippen LogP contribution in [0.4, 0.5) is 0 Å². The molecule has 13 nitrogen and oxygen atoms in total. The van der Waals surface area contributed by atoms with Gasteiger partial charge < -0.3 is 35.1 Å². The van der Waals surface area contributed by atoms with Crippen LogP contribution in [0.25, 0.3) is 11.3 Å². The third-order valence-electron chi connectivity index (χ3n) is 6.80. The van der Waals surface area contributed by atoms with Gasteiger partial charge in [-0.1, -0.05) is 50.2 Å². The van der Waals surface area contributed by atoms with Crippen LogP contribution in [0.1, 0.15) is 50.5 Å². The van der Waals surface area contributed by atoms with E-state index in [1.54, 1.807) is 12.1 Å². The van der Waals surface area contributed by atoms with Gasteiger partial charge in [0.1, 0.15) is 11.7 Å². The Morgan fingerprint density at radius 1 is 1.07 bits per heavy atom. The highest BCUT2D eigenvalue weighted by Crippen LogP contribution is 2.30. The normalized spacial score (nSPS) is 18.6. The first-order valence-electron chi connectivity index (χ1n) is 13.9. The summed E-state index contributed by atoms with van der Waals surface area (Å²) >= 11 is 0. The summed E-state index contributed by atoms with van der Waals surface area (Å²) in [5.41, 5.74) is -0.567. The van der Waals surface area contributed by atoms with E-state index in [2.05, 4.69) is 20.9 Å². The average Bonchev–Trinajstić information content (AvgIpc) is 2.98. The highest BCUT2D eigenvalue weighted by Gasteiger charge is 2.54. The van der Waals surface area contributed by atoms with Crippen LogP contribution in [0.5, 0.6) is 0 Å². The Kier molecular flexibility index (Phi) is 11.4. The van der Waals surface area contributed by atoms with E-state index in [1.165, 1.54) is 20.0 Å². The van der Waals surface area contributed by atoms with Gasteiger partial charge in [-0.2, -0.15) is 0 Å². The molecule has 0 aliphatic carbocycles. The zero-order valence-corrected chi connectivity index (χ0v) is 24.8. The summed E-state index contributed by atoms with van der Waals surface area (Å²) in [6.07, 6.45) is -2.24. The Bertz CT molecular complexity index is 1320. The van der Waals surface area contributed by atoms with E-state index in [1.807, 2.05) is 44.2 Å². The number of nitrogens with one attached hydrogen (secondary N) is 3. The number of aliphatic hydroxyl groups excluding tert-OH is 1. The standard InChI is InChI=1S/C29H37BN4O9/c1-17(2)14-22(30-42-24(37)16-29(43-30,28(40)31-4)15-23(36)41-5)33-27(39)25(18(3)35)34-26(38)21-13-9-12-20(32-21)19-10-7-6-8-11-19/h6-13,17-18,22,25,35H,14-16H2,1-5H3,(H,31,40)(H,33,39)(H,34,38)/t18-,22+,25+,29+/m1/s1. The SMILES string of the molecule is CNC(=O)[C@]1(CC(=O)OC)CC(=O)OB([C@H](CC(C)C)NC(=O)[C@@H](NC(=O)c2cccc(-c3ccccc3)n2)[C@@H](C)O)O1. The molecule has 1 aliphatic rings. The van der Waals surface area contributed by atoms with Crippen LogP contribution in [-0.4, -0.2) is 84.7 Å². The van der Waals surface area contributed by atoms with Crippen LogP contribution in [0.3, 0.4) is 0 Å². The Morgan fingerprint density at radius 3 is 2.37 bits per heavy atom. The molecule has 0 spiro atoms. The molecule has 2 heterocycles. The molecule has 230 valence electrons. The number of methoxy groups -OCH3 is 1. The van der Waals surface area contributed by atoms with Gasteiger partial charge in [0.2, 0.25) is 5.91 Å². The fraction of sp³-hybridized carbons (Fsp3) is 0.448. The van der Waals surface area contributed by atoms with Gasteiger partial charge >= 0.3 is 13.1 Å². The summed E-state index contributed by atoms with van der Waals surface area (Å²) in [5.74, 6) is -4.92. The first kappa shape index (κ1) is 33.2. The minimum Gasteiger partial charge on any atom is -0.508 e.